The Morgan fingerprint density at radius 2 is 2.09 bits per heavy atom. The van der Waals surface area contributed by atoms with Gasteiger partial charge in [-0.05, 0) is 25.9 Å². The molecule has 0 aliphatic carbocycles. The fraction of sp³-hybridized carbons (Fsp3) is 0.600. The number of fused-ring (bicyclic) bond motifs is 1. The van der Waals surface area contributed by atoms with E-state index < -0.39 is 6.09 Å². The summed E-state index contributed by atoms with van der Waals surface area (Å²) in [5.41, 5.74) is 0.643. The molecule has 3 heterocycles. The zero-order valence-electron chi connectivity index (χ0n) is 12.5. The maximum Gasteiger partial charge on any atom is 0.407 e. The van der Waals surface area contributed by atoms with Crippen molar-refractivity contribution >= 4 is 6.09 Å². The molecular weight excluding hydrogens is 286 g/mol. The molecule has 0 radical (unpaired) electrons. The molecule has 2 aliphatic rings. The Labute approximate surface area is 129 Å². The van der Waals surface area contributed by atoms with E-state index in [9.17, 15) is 4.79 Å². The van der Waals surface area contributed by atoms with Crippen molar-refractivity contribution in [3.05, 3.63) is 18.0 Å². The van der Waals surface area contributed by atoms with Crippen LogP contribution in [0.4, 0.5) is 4.79 Å². The van der Waals surface area contributed by atoms with Crippen LogP contribution in [0.15, 0.2) is 12.3 Å². The Bertz CT molecular complexity index is 518. The first-order valence-corrected chi connectivity index (χ1v) is 7.70. The molecule has 2 aliphatic heterocycles. The summed E-state index contributed by atoms with van der Waals surface area (Å²) in [6, 6.07) is 1.95. The van der Waals surface area contributed by atoms with Crippen molar-refractivity contribution in [2.24, 2.45) is 0 Å². The molecule has 1 amide bonds. The molecule has 1 aromatic rings. The summed E-state index contributed by atoms with van der Waals surface area (Å²) in [5, 5.41) is 6.13. The first-order valence-electron chi connectivity index (χ1n) is 7.70. The number of carbonyl (C=O) groups is 1. The fourth-order valence-electron chi connectivity index (χ4n) is 2.50. The van der Waals surface area contributed by atoms with Gasteiger partial charge in [-0.15, -0.1) is 0 Å². The van der Waals surface area contributed by atoms with E-state index in [-0.39, 0.29) is 12.6 Å². The zero-order valence-corrected chi connectivity index (χ0v) is 12.5. The number of ether oxygens (including phenoxy) is 3. The van der Waals surface area contributed by atoms with Crippen LogP contribution < -0.4 is 20.1 Å². The molecule has 1 aromatic heterocycles. The van der Waals surface area contributed by atoms with Crippen molar-refractivity contribution in [2.75, 3.05) is 26.3 Å². The smallest absolute Gasteiger partial charge is 0.407 e. The van der Waals surface area contributed by atoms with Crippen molar-refractivity contribution in [3.8, 4) is 11.5 Å². The van der Waals surface area contributed by atoms with E-state index in [1.807, 2.05) is 0 Å². The van der Waals surface area contributed by atoms with Gasteiger partial charge in [0.2, 0.25) is 0 Å². The number of pyridine rings is 1. The predicted molar refractivity (Wildman–Crippen MR) is 79.1 cm³/mol. The number of hydrogen-bond acceptors (Lipinski definition) is 6. The number of aromatic nitrogens is 1. The van der Waals surface area contributed by atoms with Crippen molar-refractivity contribution in [3.63, 3.8) is 0 Å². The number of carbonyl (C=O) groups excluding carboxylic acids is 1. The molecule has 22 heavy (non-hydrogen) atoms. The lowest BCUT2D eigenvalue weighted by Crippen LogP contribution is -2.42. The van der Waals surface area contributed by atoms with Crippen molar-refractivity contribution in [1.82, 2.24) is 15.6 Å². The monoisotopic (exact) mass is 307 g/mol. The molecule has 0 atom stereocenters. The third-order valence-electron chi connectivity index (χ3n) is 3.70. The number of rotatable bonds is 3. The van der Waals surface area contributed by atoms with Crippen LogP contribution in [-0.2, 0) is 11.3 Å². The molecule has 120 valence electrons. The van der Waals surface area contributed by atoms with Crippen LogP contribution >= 0.6 is 0 Å². The third kappa shape index (κ3) is 4.00. The van der Waals surface area contributed by atoms with Gasteiger partial charge in [0, 0.05) is 18.5 Å². The molecule has 0 spiro atoms. The highest BCUT2D eigenvalue weighted by Crippen LogP contribution is 2.29. The number of hydrogen-bond donors (Lipinski definition) is 2. The maximum atomic E-state index is 11.8. The summed E-state index contributed by atoms with van der Waals surface area (Å²) in [7, 11) is 0. The van der Waals surface area contributed by atoms with Crippen LogP contribution in [0.5, 0.6) is 11.5 Å². The first-order chi connectivity index (χ1) is 10.8. The summed E-state index contributed by atoms with van der Waals surface area (Å²) in [6.45, 7) is 3.22. The van der Waals surface area contributed by atoms with Crippen LogP contribution in [0, 0.1) is 0 Å². The van der Waals surface area contributed by atoms with Gasteiger partial charge in [-0.1, -0.05) is 0 Å². The molecule has 0 saturated carbocycles. The quantitative estimate of drug-likeness (QED) is 0.874. The lowest BCUT2D eigenvalue weighted by Gasteiger charge is -2.23. The molecule has 1 saturated heterocycles. The Kier molecular flexibility index (Phi) is 4.95. The highest BCUT2D eigenvalue weighted by atomic mass is 16.5. The summed E-state index contributed by atoms with van der Waals surface area (Å²) in [4.78, 5) is 16.0. The molecule has 3 rings (SSSR count). The topological polar surface area (TPSA) is 81.7 Å². The first kappa shape index (κ1) is 14.9. The van der Waals surface area contributed by atoms with Crippen molar-refractivity contribution in [2.45, 2.75) is 31.9 Å². The number of nitrogens with zero attached hydrogens (tertiary/aromatic N) is 1. The number of piperidine rings is 1. The average molecular weight is 307 g/mol. The Hall–Kier alpha value is -2.02. The summed E-state index contributed by atoms with van der Waals surface area (Å²) >= 11 is 0. The average Bonchev–Trinajstić information content (AvgIpc) is 2.78. The van der Waals surface area contributed by atoms with Crippen LogP contribution in [0.2, 0.25) is 0 Å². The Morgan fingerprint density at radius 3 is 2.91 bits per heavy atom. The van der Waals surface area contributed by atoms with Gasteiger partial charge in [-0.3, -0.25) is 4.98 Å². The molecule has 0 bridgehead atoms. The number of alkyl carbamates (subject to hydrolysis) is 1. The normalized spacial score (nSPS) is 18.4. The van der Waals surface area contributed by atoms with Crippen molar-refractivity contribution in [1.29, 1.82) is 0 Å². The summed E-state index contributed by atoms with van der Waals surface area (Å²) in [5.74, 6) is 1.30. The lowest BCUT2D eigenvalue weighted by atomic mass is 10.1. The minimum Gasteiger partial charge on any atom is -0.489 e. The van der Waals surface area contributed by atoms with Crippen LogP contribution in [0.3, 0.4) is 0 Å². The van der Waals surface area contributed by atoms with E-state index in [1.165, 1.54) is 0 Å². The van der Waals surface area contributed by atoms with Gasteiger partial charge in [-0.25, -0.2) is 4.79 Å². The SMILES string of the molecule is O=C(NC1CCNCC1)OCc1cc2c(cn1)OCCCO2. The minimum absolute atomic E-state index is 0.118. The zero-order chi connectivity index (χ0) is 15.2. The van der Waals surface area contributed by atoms with Crippen LogP contribution in [0.1, 0.15) is 25.0 Å². The molecule has 1 fully saturated rings. The Morgan fingerprint density at radius 1 is 1.32 bits per heavy atom. The molecule has 7 nitrogen and oxygen atoms in total. The van der Waals surface area contributed by atoms with Gasteiger partial charge in [0.1, 0.15) is 6.61 Å². The standard InChI is InChI=1S/C15H21N3O4/c19-15(18-11-2-4-16-5-3-11)22-10-12-8-13-14(9-17-12)21-7-1-6-20-13/h8-9,11,16H,1-7,10H2,(H,18,19). The van der Waals surface area contributed by atoms with E-state index in [4.69, 9.17) is 14.2 Å². The van der Waals surface area contributed by atoms with E-state index >= 15 is 0 Å². The van der Waals surface area contributed by atoms with Gasteiger partial charge in [0.15, 0.2) is 11.5 Å². The second-order valence-corrected chi connectivity index (χ2v) is 5.42. The maximum absolute atomic E-state index is 11.8. The van der Waals surface area contributed by atoms with E-state index in [1.54, 1.807) is 12.3 Å². The summed E-state index contributed by atoms with van der Waals surface area (Å²) < 4.78 is 16.3. The third-order valence-corrected chi connectivity index (χ3v) is 3.70. The summed E-state index contributed by atoms with van der Waals surface area (Å²) in [6.07, 6.45) is 3.92. The van der Waals surface area contributed by atoms with Crippen LogP contribution in [-0.4, -0.2) is 43.4 Å². The molecule has 2 N–H and O–H groups in total. The van der Waals surface area contributed by atoms with E-state index in [0.29, 0.717) is 30.4 Å². The van der Waals surface area contributed by atoms with Gasteiger partial charge >= 0.3 is 6.09 Å². The number of nitrogens with one attached hydrogen (secondary N) is 2. The van der Waals surface area contributed by atoms with Gasteiger partial charge in [0.05, 0.1) is 25.1 Å². The minimum atomic E-state index is -0.402. The number of amides is 1. The van der Waals surface area contributed by atoms with Gasteiger partial charge in [0.25, 0.3) is 0 Å². The fourth-order valence-corrected chi connectivity index (χ4v) is 2.50. The largest absolute Gasteiger partial charge is 0.489 e. The highest BCUT2D eigenvalue weighted by Gasteiger charge is 2.17. The van der Waals surface area contributed by atoms with E-state index in [2.05, 4.69) is 15.6 Å². The van der Waals surface area contributed by atoms with Gasteiger partial charge < -0.3 is 24.8 Å². The second kappa shape index (κ2) is 7.31. The van der Waals surface area contributed by atoms with E-state index in [0.717, 1.165) is 32.4 Å². The Balaban J connectivity index is 1.50. The molecule has 0 aromatic carbocycles. The molecule has 0 unspecified atom stereocenters. The predicted octanol–water partition coefficient (Wildman–Crippen LogP) is 1.22. The highest BCUT2D eigenvalue weighted by molar-refractivity contribution is 5.67. The van der Waals surface area contributed by atoms with Crippen LogP contribution in [0.25, 0.3) is 0 Å². The molecule has 7 heteroatoms. The van der Waals surface area contributed by atoms with Crippen molar-refractivity contribution < 1.29 is 19.0 Å². The van der Waals surface area contributed by atoms with Gasteiger partial charge in [-0.2, -0.15) is 0 Å². The molecular formula is C15H21N3O4. The second-order valence-electron chi connectivity index (χ2n) is 5.42. The lowest BCUT2D eigenvalue weighted by molar-refractivity contribution is 0.132.